The van der Waals surface area contributed by atoms with Crippen molar-refractivity contribution in [1.29, 1.82) is 5.26 Å². The lowest BCUT2D eigenvalue weighted by atomic mass is 9.49. The molecule has 4 amide bonds. The standard InChI is InChI=1S/C54H63ClN6O8S/c1-32-45(70-31-57-32)35-17-15-34(16-18-35)42(29-62)58-47(65)43-24-38(63)28-60(43)49(67)46(52(2,3)4)59-44(64)30-68-22-12-10-9-11-13-33-14-21-40-37(23-33)27-61(48(40)66)50-53(5,6)51(54(50,7)8)69-39-20-19-36(26-56)41(55)25-39/h14-21,23,25,31,38,42-43,46,50-51,62-63H,9-10,12,22,24,27-30H2,1-8H3,(H,58,65)(H,59,64)/t38-,42+,43+,46-,50?,51?/m1/s1. The molecule has 3 aromatic carbocycles. The Morgan fingerprint density at radius 1 is 1.03 bits per heavy atom. The van der Waals surface area contributed by atoms with Crippen LogP contribution in [0.4, 0.5) is 0 Å². The Kier molecular flexibility index (Phi) is 15.8. The zero-order valence-corrected chi connectivity index (χ0v) is 42.7. The molecule has 0 unspecified atom stereocenters. The average molecular weight is 992 g/mol. The zero-order chi connectivity index (χ0) is 50.7. The van der Waals surface area contributed by atoms with Crippen molar-refractivity contribution in [3.63, 3.8) is 0 Å². The molecule has 3 aliphatic rings. The molecular formula is C54H63ClN6O8S. The number of nitrogens with one attached hydrogen (secondary N) is 2. The molecule has 4 atom stereocenters. The van der Waals surface area contributed by atoms with E-state index in [2.05, 4.69) is 61.2 Å². The van der Waals surface area contributed by atoms with Gasteiger partial charge >= 0.3 is 0 Å². The number of β-amino-alcohol motifs (C(OH)–C–C–N with tert-alkyl or cyclic N) is 1. The van der Waals surface area contributed by atoms with Crippen molar-refractivity contribution in [3.05, 3.63) is 105 Å². The van der Waals surface area contributed by atoms with E-state index in [9.17, 15) is 34.7 Å². The van der Waals surface area contributed by atoms with Gasteiger partial charge in [0.1, 0.15) is 36.6 Å². The van der Waals surface area contributed by atoms with Crippen molar-refractivity contribution < 1.29 is 38.9 Å². The topological polar surface area (TPSA) is 194 Å². The summed E-state index contributed by atoms with van der Waals surface area (Å²) in [5, 5.41) is 36.2. The third-order valence-corrected chi connectivity index (χ3v) is 15.0. The van der Waals surface area contributed by atoms with Gasteiger partial charge < -0.3 is 40.1 Å². The van der Waals surface area contributed by atoms with Gasteiger partial charge in [0.05, 0.1) is 45.4 Å². The molecule has 70 heavy (non-hydrogen) atoms. The first-order valence-corrected chi connectivity index (χ1v) is 25.0. The SMILES string of the molecule is Cc1ncsc1-c1ccc([C@H](CO)NC(=O)[C@@H]2C[C@@H](O)CN2C(=O)[C@@H](NC(=O)COCCCCC#Cc2ccc3c(c2)CN(C2C(C)(C)C(Oc4ccc(C#N)c(Cl)c4)C2(C)C)C3=O)C(C)(C)C)cc1. The molecule has 7 rings (SSSR count). The number of aryl methyl sites for hydroxylation is 1. The Balaban J connectivity index is 0.855. The van der Waals surface area contributed by atoms with E-state index in [0.717, 1.165) is 33.7 Å². The summed E-state index contributed by atoms with van der Waals surface area (Å²) in [7, 11) is 0. The van der Waals surface area contributed by atoms with Crippen LogP contribution in [0.15, 0.2) is 66.2 Å². The van der Waals surface area contributed by atoms with E-state index in [4.69, 9.17) is 21.1 Å². The highest BCUT2D eigenvalue weighted by Crippen LogP contribution is 2.59. The number of nitriles is 1. The molecule has 1 aliphatic carbocycles. The van der Waals surface area contributed by atoms with Crippen LogP contribution in [0.3, 0.4) is 0 Å². The van der Waals surface area contributed by atoms with Gasteiger partial charge in [0.25, 0.3) is 5.91 Å². The number of likely N-dealkylation sites (tertiary alicyclic amines) is 1. The molecule has 0 spiro atoms. The number of aliphatic hydroxyl groups is 2. The summed E-state index contributed by atoms with van der Waals surface area (Å²) in [4.78, 5) is 63.4. The maximum Gasteiger partial charge on any atom is 0.254 e. The Bertz CT molecular complexity index is 2700. The summed E-state index contributed by atoms with van der Waals surface area (Å²) in [6.07, 6.45) is 0.850. The van der Waals surface area contributed by atoms with Crippen LogP contribution in [0.2, 0.25) is 5.02 Å². The number of aromatic nitrogens is 1. The predicted molar refractivity (Wildman–Crippen MR) is 268 cm³/mol. The fraction of sp³-hybridized carbons (Fsp3) is 0.481. The summed E-state index contributed by atoms with van der Waals surface area (Å²) in [6.45, 7) is 15.9. The lowest BCUT2D eigenvalue weighted by molar-refractivity contribution is -0.199. The highest BCUT2D eigenvalue weighted by atomic mass is 35.5. The van der Waals surface area contributed by atoms with Gasteiger partial charge in [-0.15, -0.1) is 11.3 Å². The van der Waals surface area contributed by atoms with Crippen LogP contribution >= 0.6 is 22.9 Å². The smallest absolute Gasteiger partial charge is 0.254 e. The lowest BCUT2D eigenvalue weighted by Crippen LogP contribution is -2.74. The summed E-state index contributed by atoms with van der Waals surface area (Å²) < 4.78 is 12.2. The molecule has 4 N–H and O–H groups in total. The zero-order valence-electron chi connectivity index (χ0n) is 41.1. The number of benzene rings is 3. The van der Waals surface area contributed by atoms with Crippen LogP contribution in [-0.2, 0) is 25.7 Å². The van der Waals surface area contributed by atoms with Crippen molar-refractivity contribution in [3.8, 4) is 34.1 Å². The van der Waals surface area contributed by atoms with E-state index in [0.29, 0.717) is 53.5 Å². The second-order valence-electron chi connectivity index (χ2n) is 20.8. The molecule has 0 bridgehead atoms. The van der Waals surface area contributed by atoms with E-state index in [1.54, 1.807) is 23.7 Å². The number of thiazole rings is 1. The second kappa shape index (κ2) is 21.3. The Hall–Kier alpha value is -5.81. The molecule has 370 valence electrons. The van der Waals surface area contributed by atoms with Gasteiger partial charge in [-0.25, -0.2) is 4.98 Å². The Morgan fingerprint density at radius 3 is 2.40 bits per heavy atom. The molecule has 2 fully saturated rings. The van der Waals surface area contributed by atoms with Gasteiger partial charge in [-0.05, 0) is 72.2 Å². The Labute approximate surface area is 419 Å². The van der Waals surface area contributed by atoms with Gasteiger partial charge in [-0.2, -0.15) is 5.26 Å². The third-order valence-electron chi connectivity index (χ3n) is 13.7. The molecule has 0 radical (unpaired) electrons. The maximum absolute atomic E-state index is 14.1. The molecule has 3 heterocycles. The van der Waals surface area contributed by atoms with Crippen molar-refractivity contribution in [2.45, 2.75) is 124 Å². The first-order valence-electron chi connectivity index (χ1n) is 23.7. The van der Waals surface area contributed by atoms with E-state index >= 15 is 0 Å². The molecular weight excluding hydrogens is 928 g/mol. The van der Waals surface area contributed by atoms with E-state index < -0.39 is 47.4 Å². The predicted octanol–water partition coefficient (Wildman–Crippen LogP) is 7.36. The number of carbonyl (C=O) groups is 4. The summed E-state index contributed by atoms with van der Waals surface area (Å²) in [5.41, 5.74) is 5.68. The first-order chi connectivity index (χ1) is 33.1. The van der Waals surface area contributed by atoms with E-state index in [1.807, 2.05) is 75.1 Å². The molecule has 14 nitrogen and oxygen atoms in total. The summed E-state index contributed by atoms with van der Waals surface area (Å²) in [6, 6.07) is 17.5. The van der Waals surface area contributed by atoms with Gasteiger partial charge in [0, 0.05) is 66.6 Å². The highest BCUT2D eigenvalue weighted by molar-refractivity contribution is 7.13. The molecule has 2 aliphatic heterocycles. The number of unbranched alkanes of at least 4 members (excludes halogenated alkanes) is 2. The van der Waals surface area contributed by atoms with Crippen LogP contribution in [0.5, 0.6) is 5.75 Å². The third kappa shape index (κ3) is 11.0. The van der Waals surface area contributed by atoms with Crippen LogP contribution in [0.1, 0.15) is 118 Å². The number of rotatable bonds is 16. The number of hydrogen-bond acceptors (Lipinski definition) is 11. The molecule has 4 aromatic rings. The van der Waals surface area contributed by atoms with E-state index in [-0.39, 0.29) is 55.1 Å². The second-order valence-corrected chi connectivity index (χ2v) is 22.1. The molecule has 1 saturated heterocycles. The largest absolute Gasteiger partial charge is 0.489 e. The first kappa shape index (κ1) is 52.0. The van der Waals surface area contributed by atoms with Crippen LogP contribution < -0.4 is 15.4 Å². The Morgan fingerprint density at radius 2 is 1.76 bits per heavy atom. The normalized spacial score (nSPS) is 20.9. The minimum atomic E-state index is -1.01. The minimum Gasteiger partial charge on any atom is -0.489 e. The fourth-order valence-corrected chi connectivity index (χ4v) is 11.7. The number of hydrogen-bond donors (Lipinski definition) is 4. The number of carbonyl (C=O) groups excluding carboxylic acids is 4. The lowest BCUT2D eigenvalue weighted by Gasteiger charge is -2.65. The van der Waals surface area contributed by atoms with Gasteiger partial charge in [-0.1, -0.05) is 96.2 Å². The number of amides is 4. The molecule has 16 heteroatoms. The minimum absolute atomic E-state index is 0.00989. The quantitative estimate of drug-likeness (QED) is 0.0651. The number of halogens is 1. The fourth-order valence-electron chi connectivity index (χ4n) is 10.7. The van der Waals surface area contributed by atoms with Crippen molar-refractivity contribution in [1.82, 2.24) is 25.4 Å². The average Bonchev–Trinajstić information content (AvgIpc) is 4.02. The van der Waals surface area contributed by atoms with Gasteiger partial charge in [0.2, 0.25) is 17.7 Å². The summed E-state index contributed by atoms with van der Waals surface area (Å²) >= 11 is 7.82. The van der Waals surface area contributed by atoms with Gasteiger partial charge in [0.15, 0.2) is 0 Å². The molecule has 1 saturated carbocycles. The highest BCUT2D eigenvalue weighted by Gasteiger charge is 2.67. The van der Waals surface area contributed by atoms with Crippen molar-refractivity contribution >= 4 is 46.6 Å². The maximum atomic E-state index is 14.1. The van der Waals surface area contributed by atoms with Crippen molar-refractivity contribution in [2.24, 2.45) is 16.2 Å². The number of aliphatic hydroxyl groups excluding tert-OH is 2. The van der Waals surface area contributed by atoms with Crippen LogP contribution in [0, 0.1) is 46.3 Å². The van der Waals surface area contributed by atoms with Gasteiger partial charge in [-0.3, -0.25) is 19.2 Å². The number of nitrogens with zero attached hydrogens (tertiary/aromatic N) is 4. The number of fused-ring (bicyclic) bond motifs is 1. The van der Waals surface area contributed by atoms with Crippen LogP contribution in [0.25, 0.3) is 10.4 Å². The van der Waals surface area contributed by atoms with Crippen LogP contribution in [-0.4, -0.2) is 105 Å². The van der Waals surface area contributed by atoms with E-state index in [1.165, 1.54) is 16.2 Å². The van der Waals surface area contributed by atoms with Crippen molar-refractivity contribution in [2.75, 3.05) is 26.4 Å². The number of ether oxygens (including phenoxy) is 2. The monoisotopic (exact) mass is 990 g/mol. The summed E-state index contributed by atoms with van der Waals surface area (Å²) in [5.74, 6) is 5.54. The molecule has 1 aromatic heterocycles.